The SMILES string of the molecule is O=C(O)CC1CN(c2ncnc3[nH]c4cc(Br)ccc4c23)CCO1. The molecule has 0 aliphatic carbocycles. The van der Waals surface area contributed by atoms with Crippen LogP contribution in [0.4, 0.5) is 5.82 Å². The van der Waals surface area contributed by atoms with Crippen molar-refractivity contribution >= 4 is 49.7 Å². The molecule has 2 N–H and O–H groups in total. The van der Waals surface area contributed by atoms with Gasteiger partial charge in [-0.05, 0) is 12.1 Å². The lowest BCUT2D eigenvalue weighted by molar-refractivity contribution is -0.140. The Morgan fingerprint density at radius 1 is 1.46 bits per heavy atom. The number of hydrogen-bond donors (Lipinski definition) is 2. The second kappa shape index (κ2) is 6.03. The standard InChI is InChI=1S/C16H15BrN4O3/c17-9-1-2-11-12(5-9)20-15-14(11)16(19-8-18-15)21-3-4-24-10(7-21)6-13(22)23/h1-2,5,8,10H,3-4,6-7H2,(H,22,23)(H,18,19,20). The summed E-state index contributed by atoms with van der Waals surface area (Å²) in [6.45, 7) is 1.66. The third-order valence-electron chi connectivity index (χ3n) is 4.17. The summed E-state index contributed by atoms with van der Waals surface area (Å²) in [7, 11) is 0. The first-order chi connectivity index (χ1) is 11.6. The molecule has 2 aromatic heterocycles. The van der Waals surface area contributed by atoms with Crippen LogP contribution in [0.2, 0.25) is 0 Å². The number of carbonyl (C=O) groups is 1. The molecule has 8 heteroatoms. The molecule has 1 unspecified atom stereocenters. The predicted molar refractivity (Wildman–Crippen MR) is 93.3 cm³/mol. The molecule has 1 fully saturated rings. The van der Waals surface area contributed by atoms with Crippen LogP contribution in [0.5, 0.6) is 0 Å². The fourth-order valence-electron chi connectivity index (χ4n) is 3.15. The third kappa shape index (κ3) is 2.71. The van der Waals surface area contributed by atoms with Gasteiger partial charge in [0.1, 0.15) is 17.8 Å². The van der Waals surface area contributed by atoms with Gasteiger partial charge in [0.15, 0.2) is 0 Å². The number of halogens is 1. The largest absolute Gasteiger partial charge is 0.481 e. The van der Waals surface area contributed by atoms with E-state index in [1.165, 1.54) is 6.33 Å². The second-order valence-electron chi connectivity index (χ2n) is 5.77. The highest BCUT2D eigenvalue weighted by Crippen LogP contribution is 2.33. The van der Waals surface area contributed by atoms with Gasteiger partial charge in [-0.1, -0.05) is 22.0 Å². The molecule has 0 spiro atoms. The molecule has 1 atom stereocenters. The third-order valence-corrected chi connectivity index (χ3v) is 4.67. The average molecular weight is 391 g/mol. The van der Waals surface area contributed by atoms with Gasteiger partial charge in [-0.3, -0.25) is 4.79 Å². The van der Waals surface area contributed by atoms with Crippen LogP contribution in [0.3, 0.4) is 0 Å². The molecule has 1 aromatic carbocycles. The molecule has 0 amide bonds. The summed E-state index contributed by atoms with van der Waals surface area (Å²) in [6.07, 6.45) is 1.19. The number of anilines is 1. The van der Waals surface area contributed by atoms with E-state index in [0.717, 1.165) is 32.2 Å². The van der Waals surface area contributed by atoms with Gasteiger partial charge in [0, 0.05) is 28.5 Å². The maximum absolute atomic E-state index is 11.0. The topological polar surface area (TPSA) is 91.3 Å². The number of carboxylic acid groups (broad SMARTS) is 1. The van der Waals surface area contributed by atoms with Crippen LogP contribution in [0.15, 0.2) is 29.0 Å². The van der Waals surface area contributed by atoms with E-state index in [9.17, 15) is 4.79 Å². The zero-order valence-corrected chi connectivity index (χ0v) is 14.3. The van der Waals surface area contributed by atoms with Crippen LogP contribution in [0, 0.1) is 0 Å². The van der Waals surface area contributed by atoms with Crippen molar-refractivity contribution in [3.63, 3.8) is 0 Å². The van der Waals surface area contributed by atoms with Crippen molar-refractivity contribution in [2.24, 2.45) is 0 Å². The van der Waals surface area contributed by atoms with Crippen molar-refractivity contribution in [3.05, 3.63) is 29.0 Å². The van der Waals surface area contributed by atoms with Gasteiger partial charge >= 0.3 is 5.97 Å². The van der Waals surface area contributed by atoms with Crippen molar-refractivity contribution in [2.45, 2.75) is 12.5 Å². The highest BCUT2D eigenvalue weighted by Gasteiger charge is 2.25. The predicted octanol–water partition coefficient (Wildman–Crippen LogP) is 2.55. The number of benzene rings is 1. The Bertz CT molecular complexity index is 926. The molecule has 0 saturated carbocycles. The number of ether oxygens (including phenoxy) is 1. The maximum Gasteiger partial charge on any atom is 0.306 e. The molecule has 7 nitrogen and oxygen atoms in total. The minimum absolute atomic E-state index is 0.00838. The number of aliphatic carboxylic acids is 1. The molecule has 0 radical (unpaired) electrons. The molecule has 1 aliphatic heterocycles. The number of morpholine rings is 1. The van der Waals surface area contributed by atoms with Crippen LogP contribution < -0.4 is 4.90 Å². The first kappa shape index (κ1) is 15.3. The van der Waals surface area contributed by atoms with Crippen molar-refractivity contribution in [1.29, 1.82) is 0 Å². The molecule has 124 valence electrons. The first-order valence-corrected chi connectivity index (χ1v) is 8.41. The Morgan fingerprint density at radius 2 is 2.33 bits per heavy atom. The highest BCUT2D eigenvalue weighted by atomic mass is 79.9. The van der Waals surface area contributed by atoms with Crippen molar-refractivity contribution in [2.75, 3.05) is 24.6 Å². The molecule has 24 heavy (non-hydrogen) atoms. The average Bonchev–Trinajstić information content (AvgIpc) is 2.91. The van der Waals surface area contributed by atoms with E-state index in [-0.39, 0.29) is 12.5 Å². The Kier molecular flexibility index (Phi) is 3.85. The van der Waals surface area contributed by atoms with Gasteiger partial charge in [0.25, 0.3) is 0 Å². The number of fused-ring (bicyclic) bond motifs is 3. The molecular weight excluding hydrogens is 376 g/mol. The number of nitrogens with one attached hydrogen (secondary N) is 1. The normalized spacial score (nSPS) is 18.4. The highest BCUT2D eigenvalue weighted by molar-refractivity contribution is 9.10. The van der Waals surface area contributed by atoms with Gasteiger partial charge in [-0.2, -0.15) is 0 Å². The molecule has 3 heterocycles. The van der Waals surface area contributed by atoms with Crippen molar-refractivity contribution < 1.29 is 14.6 Å². The number of nitrogens with zero attached hydrogens (tertiary/aromatic N) is 3. The van der Waals surface area contributed by atoms with Crippen LogP contribution >= 0.6 is 15.9 Å². The molecule has 4 rings (SSSR count). The maximum atomic E-state index is 11.0. The Labute approximate surface area is 145 Å². The summed E-state index contributed by atoms with van der Waals surface area (Å²) in [5.74, 6) is -0.0427. The zero-order chi connectivity index (χ0) is 16.7. The smallest absolute Gasteiger partial charge is 0.306 e. The lowest BCUT2D eigenvalue weighted by atomic mass is 10.1. The summed E-state index contributed by atoms with van der Waals surface area (Å²) in [5.41, 5.74) is 1.76. The summed E-state index contributed by atoms with van der Waals surface area (Å²) >= 11 is 3.48. The molecular formula is C16H15BrN4O3. The Morgan fingerprint density at radius 3 is 3.17 bits per heavy atom. The molecule has 1 aliphatic rings. The Balaban J connectivity index is 1.78. The Hall–Kier alpha value is -2.19. The van der Waals surface area contributed by atoms with E-state index < -0.39 is 5.97 Å². The van der Waals surface area contributed by atoms with Gasteiger partial charge in [-0.25, -0.2) is 9.97 Å². The number of H-pyrrole nitrogens is 1. The minimum Gasteiger partial charge on any atom is -0.481 e. The van der Waals surface area contributed by atoms with E-state index in [1.807, 2.05) is 18.2 Å². The zero-order valence-electron chi connectivity index (χ0n) is 12.7. The summed E-state index contributed by atoms with van der Waals surface area (Å²) in [4.78, 5) is 25.1. The van der Waals surface area contributed by atoms with E-state index in [1.54, 1.807) is 0 Å². The summed E-state index contributed by atoms with van der Waals surface area (Å²) < 4.78 is 6.55. The summed E-state index contributed by atoms with van der Waals surface area (Å²) in [5, 5.41) is 11.0. The summed E-state index contributed by atoms with van der Waals surface area (Å²) in [6, 6.07) is 6.02. The van der Waals surface area contributed by atoms with E-state index in [0.29, 0.717) is 19.7 Å². The molecule has 3 aromatic rings. The van der Waals surface area contributed by atoms with Crippen LogP contribution in [0.1, 0.15) is 6.42 Å². The number of carboxylic acids is 1. The monoisotopic (exact) mass is 390 g/mol. The van der Waals surface area contributed by atoms with E-state index in [2.05, 4.69) is 35.8 Å². The lowest BCUT2D eigenvalue weighted by Crippen LogP contribution is -2.43. The first-order valence-electron chi connectivity index (χ1n) is 7.62. The van der Waals surface area contributed by atoms with Gasteiger partial charge < -0.3 is 19.7 Å². The van der Waals surface area contributed by atoms with Crippen molar-refractivity contribution in [1.82, 2.24) is 15.0 Å². The fraction of sp³-hybridized carbons (Fsp3) is 0.312. The number of aromatic nitrogens is 3. The number of aromatic amines is 1. The molecule has 1 saturated heterocycles. The van der Waals surface area contributed by atoms with Crippen LogP contribution in [-0.2, 0) is 9.53 Å². The molecule has 0 bridgehead atoms. The van der Waals surface area contributed by atoms with Gasteiger partial charge in [-0.15, -0.1) is 0 Å². The second-order valence-corrected chi connectivity index (χ2v) is 6.69. The fourth-order valence-corrected chi connectivity index (χ4v) is 3.52. The quantitative estimate of drug-likeness (QED) is 0.713. The van der Waals surface area contributed by atoms with Gasteiger partial charge in [0.2, 0.25) is 0 Å². The van der Waals surface area contributed by atoms with Crippen molar-refractivity contribution in [3.8, 4) is 0 Å². The minimum atomic E-state index is -0.855. The lowest BCUT2D eigenvalue weighted by Gasteiger charge is -2.33. The van der Waals surface area contributed by atoms with E-state index >= 15 is 0 Å². The van der Waals surface area contributed by atoms with Gasteiger partial charge in [0.05, 0.1) is 24.5 Å². The number of hydrogen-bond acceptors (Lipinski definition) is 5. The van der Waals surface area contributed by atoms with E-state index in [4.69, 9.17) is 9.84 Å². The number of rotatable bonds is 3. The van der Waals surface area contributed by atoms with Crippen LogP contribution in [-0.4, -0.2) is 51.8 Å². The van der Waals surface area contributed by atoms with Crippen LogP contribution in [0.25, 0.3) is 21.9 Å².